The number of rotatable bonds is 7. The van der Waals surface area contributed by atoms with Crippen LogP contribution in [0.15, 0.2) is 12.1 Å². The van der Waals surface area contributed by atoms with Crippen LogP contribution in [0.2, 0.25) is 0 Å². The molecule has 1 unspecified atom stereocenters. The molecule has 0 spiro atoms. The molecule has 0 heterocycles. The van der Waals surface area contributed by atoms with Crippen LogP contribution >= 0.6 is 7.14 Å². The summed E-state index contributed by atoms with van der Waals surface area (Å²) in [4.78, 5) is 13.1. The largest absolute Gasteiger partial charge is 0.315 e. The van der Waals surface area contributed by atoms with E-state index < -0.39 is 7.14 Å². The van der Waals surface area contributed by atoms with Crippen LogP contribution in [0.1, 0.15) is 61.2 Å². The van der Waals surface area contributed by atoms with Gasteiger partial charge in [0.25, 0.3) is 0 Å². The molecule has 0 N–H and O–H groups in total. The van der Waals surface area contributed by atoms with Gasteiger partial charge in [0.2, 0.25) is 5.52 Å². The van der Waals surface area contributed by atoms with Gasteiger partial charge in [-0.05, 0) is 50.2 Å². The summed E-state index contributed by atoms with van der Waals surface area (Å²) in [6.07, 6.45) is 1.90. The minimum absolute atomic E-state index is 0.100. The predicted octanol–water partition coefficient (Wildman–Crippen LogP) is 5.82. The summed E-state index contributed by atoms with van der Waals surface area (Å²) in [5.74, 6) is 0.738. The highest BCUT2D eigenvalue weighted by Crippen LogP contribution is 2.52. The molecule has 1 atom stereocenters. The molecule has 0 saturated carbocycles. The number of carbonyl (C=O) groups excluding carboxylic acids is 1. The second-order valence-corrected chi connectivity index (χ2v) is 10.4. The molecule has 0 aliphatic carbocycles. The fraction of sp³-hybridized carbons (Fsp3) is 0.632. The third kappa shape index (κ3) is 4.81. The van der Waals surface area contributed by atoms with Gasteiger partial charge in [-0.15, -0.1) is 0 Å². The fourth-order valence-electron chi connectivity index (χ4n) is 3.05. The van der Waals surface area contributed by atoms with Crippen molar-refractivity contribution < 1.29 is 9.36 Å². The zero-order chi connectivity index (χ0) is 17.1. The monoisotopic (exact) mass is 322 g/mol. The van der Waals surface area contributed by atoms with E-state index in [1.165, 1.54) is 0 Å². The van der Waals surface area contributed by atoms with E-state index >= 15 is 0 Å². The van der Waals surface area contributed by atoms with Gasteiger partial charge in [0, 0.05) is 17.9 Å². The molecule has 0 aliphatic heterocycles. The lowest BCUT2D eigenvalue weighted by Gasteiger charge is -2.22. The normalized spacial score (nSPS) is 14.4. The molecular weight excluding hydrogens is 291 g/mol. The van der Waals surface area contributed by atoms with Crippen molar-refractivity contribution in [1.82, 2.24) is 0 Å². The van der Waals surface area contributed by atoms with Crippen molar-refractivity contribution in [2.24, 2.45) is 11.8 Å². The summed E-state index contributed by atoms with van der Waals surface area (Å²) in [6, 6.07) is 4.03. The first kappa shape index (κ1) is 19.2. The SMILES string of the molecule is Cc1cc(C)c(C(=O)P(=O)(CCC(C)C)CC(C)C)c(C)c1. The van der Waals surface area contributed by atoms with Crippen LogP contribution in [0, 0.1) is 32.6 Å². The Kier molecular flexibility index (Phi) is 6.62. The number of aryl methyl sites for hydroxylation is 3. The first-order valence-corrected chi connectivity index (χ1v) is 10.4. The molecule has 0 radical (unpaired) electrons. The molecule has 3 heteroatoms. The molecule has 0 bridgehead atoms. The zero-order valence-corrected chi connectivity index (χ0v) is 16.1. The molecule has 1 rings (SSSR count). The van der Waals surface area contributed by atoms with Gasteiger partial charge in [0.1, 0.15) is 0 Å². The summed E-state index contributed by atoms with van der Waals surface area (Å²) in [5, 5.41) is 0. The van der Waals surface area contributed by atoms with Crippen molar-refractivity contribution in [3.63, 3.8) is 0 Å². The summed E-state index contributed by atoms with van der Waals surface area (Å²) in [5.41, 5.74) is 3.65. The van der Waals surface area contributed by atoms with Gasteiger partial charge in [0.15, 0.2) is 7.14 Å². The summed E-state index contributed by atoms with van der Waals surface area (Å²) in [7, 11) is -2.85. The highest BCUT2D eigenvalue weighted by atomic mass is 31.2. The maximum atomic E-state index is 13.5. The maximum Gasteiger partial charge on any atom is 0.221 e. The van der Waals surface area contributed by atoms with Gasteiger partial charge >= 0.3 is 0 Å². The summed E-state index contributed by atoms with van der Waals surface area (Å²) in [6.45, 7) is 14.3. The van der Waals surface area contributed by atoms with Gasteiger partial charge in [-0.2, -0.15) is 0 Å². The molecule has 0 aliphatic rings. The molecule has 1 aromatic carbocycles. The maximum absolute atomic E-state index is 13.5. The number of hydrogen-bond donors (Lipinski definition) is 0. The van der Waals surface area contributed by atoms with E-state index in [1.54, 1.807) is 0 Å². The third-order valence-electron chi connectivity index (χ3n) is 3.99. The predicted molar refractivity (Wildman–Crippen MR) is 96.6 cm³/mol. The van der Waals surface area contributed by atoms with Crippen LogP contribution in [0.25, 0.3) is 0 Å². The van der Waals surface area contributed by atoms with Gasteiger partial charge in [-0.1, -0.05) is 45.4 Å². The van der Waals surface area contributed by atoms with Crippen LogP contribution in [-0.2, 0) is 4.57 Å². The lowest BCUT2D eigenvalue weighted by atomic mass is 10.0. The van der Waals surface area contributed by atoms with Crippen molar-refractivity contribution >= 4 is 12.7 Å². The minimum atomic E-state index is -2.85. The van der Waals surface area contributed by atoms with E-state index in [0.717, 1.165) is 23.1 Å². The molecular formula is C19H31O2P. The van der Waals surface area contributed by atoms with E-state index in [9.17, 15) is 9.36 Å². The Balaban J connectivity index is 3.25. The smallest absolute Gasteiger partial charge is 0.221 e. The topological polar surface area (TPSA) is 34.1 Å². The lowest BCUT2D eigenvalue weighted by Crippen LogP contribution is -2.14. The number of carbonyl (C=O) groups is 1. The second-order valence-electron chi connectivity index (χ2n) is 7.45. The van der Waals surface area contributed by atoms with Gasteiger partial charge in [-0.3, -0.25) is 4.79 Å². The molecule has 1 aromatic rings. The number of benzene rings is 1. The van der Waals surface area contributed by atoms with Crippen molar-refractivity contribution in [2.75, 3.05) is 12.3 Å². The molecule has 22 heavy (non-hydrogen) atoms. The lowest BCUT2D eigenvalue weighted by molar-refractivity contribution is 0.107. The highest BCUT2D eigenvalue weighted by molar-refractivity contribution is 7.81. The van der Waals surface area contributed by atoms with Gasteiger partial charge in [0.05, 0.1) is 0 Å². The summed E-state index contributed by atoms with van der Waals surface area (Å²) >= 11 is 0. The van der Waals surface area contributed by atoms with Crippen LogP contribution in [0.3, 0.4) is 0 Å². The standard InChI is InChI=1S/C19H31O2P/c1-13(2)8-9-22(21,12-14(3)4)19(20)18-16(6)10-15(5)11-17(18)7/h10-11,13-14H,8-9,12H2,1-7H3. The van der Waals surface area contributed by atoms with E-state index in [4.69, 9.17) is 0 Å². The minimum Gasteiger partial charge on any atom is -0.315 e. The Hall–Kier alpha value is -0.880. The van der Waals surface area contributed by atoms with Crippen LogP contribution < -0.4 is 0 Å². The van der Waals surface area contributed by atoms with Crippen molar-refractivity contribution in [3.05, 3.63) is 34.4 Å². The fourth-order valence-corrected chi connectivity index (χ4v) is 6.48. The molecule has 0 amide bonds. The van der Waals surface area contributed by atoms with Crippen LogP contribution in [0.4, 0.5) is 0 Å². The molecule has 2 nitrogen and oxygen atoms in total. The van der Waals surface area contributed by atoms with Crippen LogP contribution in [0.5, 0.6) is 0 Å². The first-order valence-electron chi connectivity index (χ1n) is 8.27. The quantitative estimate of drug-likeness (QED) is 0.593. The van der Waals surface area contributed by atoms with Crippen molar-refractivity contribution in [1.29, 1.82) is 0 Å². The third-order valence-corrected chi connectivity index (χ3v) is 7.25. The Bertz CT molecular complexity index is 562. The first-order chi connectivity index (χ1) is 10.1. The Morgan fingerprint density at radius 3 is 1.91 bits per heavy atom. The average Bonchev–Trinajstić information content (AvgIpc) is 2.34. The van der Waals surface area contributed by atoms with Gasteiger partial charge < -0.3 is 4.57 Å². The van der Waals surface area contributed by atoms with E-state index in [2.05, 4.69) is 13.8 Å². The Morgan fingerprint density at radius 1 is 1.00 bits per heavy atom. The zero-order valence-electron chi connectivity index (χ0n) is 15.2. The highest BCUT2D eigenvalue weighted by Gasteiger charge is 2.34. The van der Waals surface area contributed by atoms with E-state index in [-0.39, 0.29) is 11.4 Å². The van der Waals surface area contributed by atoms with E-state index in [0.29, 0.717) is 23.8 Å². The van der Waals surface area contributed by atoms with Crippen molar-refractivity contribution in [3.8, 4) is 0 Å². The molecule has 124 valence electrons. The Labute approximate surface area is 136 Å². The van der Waals surface area contributed by atoms with Crippen molar-refractivity contribution in [2.45, 2.75) is 54.9 Å². The second kappa shape index (κ2) is 7.59. The van der Waals surface area contributed by atoms with Crippen LogP contribution in [-0.4, -0.2) is 17.8 Å². The summed E-state index contributed by atoms with van der Waals surface area (Å²) < 4.78 is 13.5. The Morgan fingerprint density at radius 2 is 1.50 bits per heavy atom. The molecule has 0 fully saturated rings. The van der Waals surface area contributed by atoms with E-state index in [1.807, 2.05) is 46.8 Å². The molecule has 0 saturated heterocycles. The number of hydrogen-bond acceptors (Lipinski definition) is 2. The van der Waals surface area contributed by atoms with Gasteiger partial charge in [-0.25, -0.2) is 0 Å². The average molecular weight is 322 g/mol. The molecule has 0 aromatic heterocycles.